The molecule has 13 rings (SSSR count). The molecule has 0 saturated carbocycles. The molecule has 4 N–H and O–H groups in total. The maximum atomic E-state index is 13.2. The predicted octanol–water partition coefficient (Wildman–Crippen LogP) is 17.7. The summed E-state index contributed by atoms with van der Waals surface area (Å²) in [6.07, 6.45) is 6.22. The molecule has 0 amide bonds. The molecule has 538 valence electrons. The highest BCUT2D eigenvalue weighted by Gasteiger charge is 2.21. The molecule has 0 bridgehead atoms. The maximum absolute atomic E-state index is 13.2. The highest BCUT2D eigenvalue weighted by Crippen LogP contribution is 2.37. The first kappa shape index (κ1) is 74.9. The first-order valence-electron chi connectivity index (χ1n) is 31.6. The summed E-state index contributed by atoms with van der Waals surface area (Å²) < 4.78 is 52.1. The van der Waals surface area contributed by atoms with Gasteiger partial charge in [-0.05, 0) is 157 Å². The van der Waals surface area contributed by atoms with Crippen molar-refractivity contribution >= 4 is 80.9 Å². The van der Waals surface area contributed by atoms with Crippen LogP contribution in [0.25, 0.3) is 45.0 Å². The van der Waals surface area contributed by atoms with Crippen LogP contribution in [0.15, 0.2) is 249 Å². The molecular formula is C75H59ClF2N16O13. The second kappa shape index (κ2) is 36.2. The molecule has 0 atom stereocenters. The van der Waals surface area contributed by atoms with E-state index in [2.05, 4.69) is 61.1 Å². The number of nitrogens with one attached hydrogen (secondary N) is 4. The van der Waals surface area contributed by atoms with Crippen LogP contribution in [0.4, 0.5) is 78.1 Å². The van der Waals surface area contributed by atoms with Crippen molar-refractivity contribution in [2.24, 2.45) is 0 Å². The third kappa shape index (κ3) is 21.0. The Labute approximate surface area is 612 Å². The molecule has 0 saturated heterocycles. The van der Waals surface area contributed by atoms with Gasteiger partial charge in [-0.25, -0.2) is 48.7 Å². The highest BCUT2D eigenvalue weighted by atomic mass is 35.5. The van der Waals surface area contributed by atoms with Gasteiger partial charge < -0.3 is 45.0 Å². The number of hydrogen-bond donors (Lipinski definition) is 4. The van der Waals surface area contributed by atoms with Crippen molar-refractivity contribution in [1.82, 2.24) is 39.9 Å². The van der Waals surface area contributed by atoms with Gasteiger partial charge in [0.05, 0.1) is 70.9 Å². The lowest BCUT2D eigenvalue weighted by molar-refractivity contribution is -0.385. The van der Waals surface area contributed by atoms with E-state index >= 15 is 0 Å². The van der Waals surface area contributed by atoms with Crippen LogP contribution >= 0.6 is 11.6 Å². The molecule has 0 aliphatic heterocycles. The van der Waals surface area contributed by atoms with Crippen LogP contribution in [0.5, 0.6) is 28.7 Å². The molecule has 9 aromatic carbocycles. The lowest BCUT2D eigenvalue weighted by Gasteiger charge is -2.10. The molecule has 4 heterocycles. The molecule has 0 spiro atoms. The summed E-state index contributed by atoms with van der Waals surface area (Å²) >= 11 is 5.86. The minimum absolute atomic E-state index is 0.120. The molecule has 4 aromatic heterocycles. The fourth-order valence-corrected chi connectivity index (χ4v) is 9.97. The van der Waals surface area contributed by atoms with E-state index in [0.29, 0.717) is 91.6 Å². The number of hydrogen-bond acceptors (Lipinski definition) is 25. The number of aromatic nitrogens is 8. The van der Waals surface area contributed by atoms with Gasteiger partial charge in [-0.15, -0.1) is 0 Å². The van der Waals surface area contributed by atoms with E-state index in [9.17, 15) is 49.2 Å². The van der Waals surface area contributed by atoms with Crippen LogP contribution in [0, 0.1) is 52.1 Å². The number of ether oxygens (including phenoxy) is 5. The summed E-state index contributed by atoms with van der Waals surface area (Å²) in [5, 5.41) is 57.5. The third-order valence-corrected chi connectivity index (χ3v) is 15.2. The molecule has 0 aliphatic carbocycles. The summed E-state index contributed by atoms with van der Waals surface area (Å²) in [4.78, 5) is 76.9. The van der Waals surface area contributed by atoms with Gasteiger partial charge in [0.15, 0.2) is 23.0 Å². The van der Waals surface area contributed by atoms with Crippen molar-refractivity contribution in [3.8, 4) is 73.8 Å². The number of nitro groups is 4. The second-order valence-corrected chi connectivity index (χ2v) is 22.4. The lowest BCUT2D eigenvalue weighted by atomic mass is 10.1. The standard InChI is InChI=1S/C24H20N4O4.C17H13ClN4O3.2C17H13FN4O3/c1-31-23-11-10-18(14-22(23)28(29)30)21-12-13-25-24(27-21)26-19-8-5-9-20(15-19)32-16-17-6-3-2-4-7-17;2*1-25-16-7-2-11(10-15(16)22(23)24)14-8-9-19-17(21-14)20-13-5-3-12(18)4-6-13;1-25-16-6-5-11(9-15(16)22(23)24)14-7-8-19-17(21-14)20-13-4-2-3-12(18)10-13/h2-15H,16H2,1H3,(H,25,26,27);3*2-10H,1H3,(H,19,20,21). The number of benzene rings is 9. The number of nitrogens with zero attached hydrogens (tertiary/aromatic N) is 12. The largest absolute Gasteiger partial charge is 0.490 e. The van der Waals surface area contributed by atoms with Gasteiger partial charge in [0, 0.05) is 105 Å². The van der Waals surface area contributed by atoms with Gasteiger partial charge in [-0.2, -0.15) is 0 Å². The summed E-state index contributed by atoms with van der Waals surface area (Å²) in [6, 6.07) is 61.3. The predicted molar refractivity (Wildman–Crippen MR) is 397 cm³/mol. The van der Waals surface area contributed by atoms with Gasteiger partial charge in [0.2, 0.25) is 23.8 Å². The summed E-state index contributed by atoms with van der Waals surface area (Å²) in [5.41, 5.74) is 7.55. The molecule has 0 radical (unpaired) electrons. The zero-order valence-corrected chi connectivity index (χ0v) is 57.4. The molecule has 32 heteroatoms. The fourth-order valence-electron chi connectivity index (χ4n) is 9.84. The Morgan fingerprint density at radius 3 is 1.04 bits per heavy atom. The molecule has 13 aromatic rings. The van der Waals surface area contributed by atoms with E-state index in [0.717, 1.165) is 16.9 Å². The molecule has 107 heavy (non-hydrogen) atoms. The molecule has 29 nitrogen and oxygen atoms in total. The number of nitro benzene ring substituents is 4. The summed E-state index contributed by atoms with van der Waals surface area (Å²) in [6.45, 7) is 0.465. The second-order valence-electron chi connectivity index (χ2n) is 22.0. The van der Waals surface area contributed by atoms with Crippen molar-refractivity contribution in [3.05, 3.63) is 312 Å². The Morgan fingerprint density at radius 2 is 0.692 bits per heavy atom. The lowest BCUT2D eigenvalue weighted by Crippen LogP contribution is -2.00. The van der Waals surface area contributed by atoms with Crippen molar-refractivity contribution in [2.45, 2.75) is 6.61 Å². The van der Waals surface area contributed by atoms with E-state index < -0.39 is 19.7 Å². The van der Waals surface area contributed by atoms with Gasteiger partial charge in [-0.3, -0.25) is 40.5 Å². The Hall–Kier alpha value is -14.8. The Bertz CT molecular complexity index is 5150. The number of anilines is 8. The van der Waals surface area contributed by atoms with Gasteiger partial charge >= 0.3 is 22.7 Å². The molecule has 0 fully saturated rings. The third-order valence-electron chi connectivity index (χ3n) is 14.9. The van der Waals surface area contributed by atoms with Crippen molar-refractivity contribution < 1.29 is 52.2 Å². The summed E-state index contributed by atoms with van der Waals surface area (Å²) in [5.74, 6) is 2.00. The minimum atomic E-state index is -0.518. The average Bonchev–Trinajstić information content (AvgIpc) is 0.833. The quantitative estimate of drug-likeness (QED) is 0.0341. The van der Waals surface area contributed by atoms with E-state index in [1.165, 1.54) is 101 Å². The Balaban J connectivity index is 0.000000153. The Morgan fingerprint density at radius 1 is 0.355 bits per heavy atom. The Kier molecular flexibility index (Phi) is 25.4. The van der Waals surface area contributed by atoms with Crippen LogP contribution in [-0.4, -0.2) is 88.0 Å². The van der Waals surface area contributed by atoms with Crippen molar-refractivity contribution in [1.29, 1.82) is 0 Å². The van der Waals surface area contributed by atoms with Crippen molar-refractivity contribution in [3.63, 3.8) is 0 Å². The van der Waals surface area contributed by atoms with Crippen LogP contribution in [-0.2, 0) is 6.61 Å². The van der Waals surface area contributed by atoms with Crippen LogP contribution < -0.4 is 45.0 Å². The smallest absolute Gasteiger partial charge is 0.311 e. The zero-order valence-electron chi connectivity index (χ0n) is 56.7. The molecule has 0 aliphatic rings. The van der Waals surface area contributed by atoms with Crippen LogP contribution in [0.3, 0.4) is 0 Å². The molecular weight excluding hydrogens is 1410 g/mol. The SMILES string of the molecule is COc1ccc(-c2ccnc(Nc3ccc(Cl)cc3)n2)cc1[N+](=O)[O-].COc1ccc(-c2ccnc(Nc3ccc(F)cc3)n2)cc1[N+](=O)[O-].COc1ccc(-c2ccnc(Nc3cccc(F)c3)n2)cc1[N+](=O)[O-].COc1ccc(-c2ccnc(Nc3cccc(OCc4ccccc4)c3)n2)cc1[N+](=O)[O-]. The van der Waals surface area contributed by atoms with Crippen LogP contribution in [0.1, 0.15) is 5.56 Å². The average molecular weight is 1470 g/mol. The van der Waals surface area contributed by atoms with Gasteiger partial charge in [-0.1, -0.05) is 54.1 Å². The first-order valence-corrected chi connectivity index (χ1v) is 31.9. The topological polar surface area (TPSA) is 370 Å². The number of rotatable bonds is 23. The minimum Gasteiger partial charge on any atom is -0.490 e. The summed E-state index contributed by atoms with van der Waals surface area (Å²) in [7, 11) is 5.53. The van der Waals surface area contributed by atoms with Gasteiger partial charge in [0.25, 0.3) is 0 Å². The number of halogens is 3. The highest BCUT2D eigenvalue weighted by molar-refractivity contribution is 6.30. The van der Waals surface area contributed by atoms with E-state index in [1.807, 2.05) is 54.6 Å². The normalized spacial score (nSPS) is 10.3. The van der Waals surface area contributed by atoms with E-state index in [1.54, 1.807) is 122 Å². The zero-order chi connectivity index (χ0) is 75.8. The van der Waals surface area contributed by atoms with Gasteiger partial charge in [0.1, 0.15) is 24.0 Å². The number of methoxy groups -OCH3 is 4. The monoisotopic (exact) mass is 1460 g/mol. The van der Waals surface area contributed by atoms with Crippen LogP contribution in [0.2, 0.25) is 5.02 Å². The molecule has 0 unspecified atom stereocenters. The van der Waals surface area contributed by atoms with E-state index in [-0.39, 0.29) is 63.3 Å². The van der Waals surface area contributed by atoms with E-state index in [4.69, 9.17) is 35.3 Å². The fraction of sp³-hybridized carbons (Fsp3) is 0.0667. The van der Waals surface area contributed by atoms with Crippen molar-refractivity contribution in [2.75, 3.05) is 49.7 Å². The first-order chi connectivity index (χ1) is 51.8. The maximum Gasteiger partial charge on any atom is 0.311 e.